The van der Waals surface area contributed by atoms with Crippen LogP contribution in [-0.2, 0) is 76.3 Å². The molecule has 21 N–H and O–H groups in total. The van der Waals surface area contributed by atoms with Crippen LogP contribution in [0.3, 0.4) is 0 Å². The van der Waals surface area contributed by atoms with Gasteiger partial charge in [0.2, 0.25) is 0 Å². The Labute approximate surface area is 416 Å². The van der Waals surface area contributed by atoms with E-state index in [1.54, 1.807) is 0 Å². The molecule has 0 bridgehead atoms. The van der Waals surface area contributed by atoms with Gasteiger partial charge >= 0.3 is 81.2 Å². The van der Waals surface area contributed by atoms with Gasteiger partial charge in [0.25, 0.3) is 11.6 Å². The van der Waals surface area contributed by atoms with Crippen LogP contribution in [0.1, 0.15) is 21.8 Å². The van der Waals surface area contributed by atoms with Crippen molar-refractivity contribution in [1.82, 2.24) is 25.3 Å². The van der Waals surface area contributed by atoms with Gasteiger partial charge < -0.3 is 82.1 Å². The summed E-state index contributed by atoms with van der Waals surface area (Å²) in [5.41, 5.74) is 8.50. The largest absolute Gasteiger partial charge is 0.564 e. The highest BCUT2D eigenvalue weighted by molar-refractivity contribution is 14.0. The van der Waals surface area contributed by atoms with E-state index >= 15 is 0 Å². The Morgan fingerprint density at radius 2 is 0.843 bits per heavy atom. The van der Waals surface area contributed by atoms with Crippen LogP contribution in [0.5, 0.6) is 0 Å². The number of carbonyl (C=O) groups is 14. The molecule has 0 heterocycles. The first kappa shape index (κ1) is 90.0. The Balaban J connectivity index is -0.0000000685. The van der Waals surface area contributed by atoms with Crippen molar-refractivity contribution in [3.05, 3.63) is 0 Å². The molecule has 41 heteroatoms. The van der Waals surface area contributed by atoms with Crippen molar-refractivity contribution in [2.45, 2.75) is 21.8 Å². The van der Waals surface area contributed by atoms with Crippen molar-refractivity contribution in [3.8, 4) is 0 Å². The fourth-order valence-corrected chi connectivity index (χ4v) is 3.84. The minimum Gasteiger partial charge on any atom is -0.564 e. The summed E-state index contributed by atoms with van der Waals surface area (Å²) in [5.74, 6) is -12.5. The lowest BCUT2D eigenvalue weighted by atomic mass is 10.3. The van der Waals surface area contributed by atoms with Crippen LogP contribution >= 0.6 is 51.6 Å². The summed E-state index contributed by atoms with van der Waals surface area (Å²) in [6.45, 7) is -2.76. The van der Waals surface area contributed by atoms with Crippen LogP contribution in [-0.4, -0.2) is 237 Å². The van der Waals surface area contributed by atoms with Crippen LogP contribution in [0.2, 0.25) is 0 Å². The molecule has 0 radical (unpaired) electrons. The number of hydrogen-bond donors (Lipinski definition) is 13. The van der Waals surface area contributed by atoms with E-state index in [9.17, 15) is 71.5 Å². The lowest BCUT2D eigenvalue weighted by Gasteiger charge is -2.25. The van der Waals surface area contributed by atoms with Crippen molar-refractivity contribution in [2.75, 3.05) is 71.5 Å². The number of rotatable bonds is 24. The molecular formula is C29H58ClIN7O30P2+3. The first-order chi connectivity index (χ1) is 29.9. The number of likely N-dealkylation sites (N-methyl/N-ethyl adjacent to an activating group) is 1. The van der Waals surface area contributed by atoms with Crippen LogP contribution in [0.25, 0.3) is 0 Å². The number of hydrogen-bond acceptors (Lipinski definition) is 21. The maximum absolute atomic E-state index is 11.8. The van der Waals surface area contributed by atoms with Gasteiger partial charge in [-0.25, -0.2) is 9.59 Å². The Morgan fingerprint density at radius 3 is 1.03 bits per heavy atom. The minimum atomic E-state index is -4.44. The van der Waals surface area contributed by atoms with Crippen molar-refractivity contribution in [2.24, 2.45) is 11.5 Å². The smallest absolute Gasteiger partial charge is 0.535 e. The SMILES string of the molecule is C.C.CCNCC(=O)[OH2+].Cl.I.NC(N)=O.O=C(O)CN(CC(=O)O)C(=O)N(CC(=O)O)CC(=O)[OH2+].O=C(O)CN(CC(=O)O)CP(=O)(O)O.O=C([OH2+])CNCP(=O)(O)O.O=C=O.O=CC(=O)C(=O)C=O. The third-order valence-electron chi connectivity index (χ3n) is 4.55. The molecule has 0 unspecified atom stereocenters. The van der Waals surface area contributed by atoms with Crippen molar-refractivity contribution in [3.63, 3.8) is 0 Å². The number of primary amides is 2. The molecule has 70 heavy (non-hydrogen) atoms. The van der Waals surface area contributed by atoms with Crippen LogP contribution in [0, 0.1) is 0 Å². The predicted octanol–water partition coefficient (Wildman–Crippen LogP) is -8.11. The van der Waals surface area contributed by atoms with Gasteiger partial charge in [0, 0.05) is 14.4 Å². The van der Waals surface area contributed by atoms with Crippen LogP contribution < -0.4 is 22.1 Å². The van der Waals surface area contributed by atoms with Crippen molar-refractivity contribution in [1.29, 1.82) is 0 Å². The summed E-state index contributed by atoms with van der Waals surface area (Å²) in [6.07, 6.45) is -1.59. The number of Topliss-reactive ketones (excluding diaryl/α,β-unsaturated/α-hetero) is 2. The summed E-state index contributed by atoms with van der Waals surface area (Å²) < 4.78 is 20.5. The zero-order chi connectivity index (χ0) is 54.0. The maximum atomic E-state index is 11.8. The van der Waals surface area contributed by atoms with Crippen molar-refractivity contribution >= 4 is 142 Å². The topological polar surface area (TPSA) is 644 Å². The Hall–Kier alpha value is -6.44. The number of urea groups is 2. The van der Waals surface area contributed by atoms with Crippen LogP contribution in [0.15, 0.2) is 0 Å². The van der Waals surface area contributed by atoms with Gasteiger partial charge in [-0.2, -0.15) is 9.59 Å². The summed E-state index contributed by atoms with van der Waals surface area (Å²) in [5, 5.41) is 66.6. The number of nitrogens with one attached hydrogen (secondary N) is 2. The Bertz CT molecular complexity index is 1680. The van der Waals surface area contributed by atoms with Crippen molar-refractivity contribution < 1.29 is 146 Å². The molecule has 0 saturated carbocycles. The van der Waals surface area contributed by atoms with E-state index in [2.05, 4.69) is 22.1 Å². The first-order valence-electron chi connectivity index (χ1n) is 16.0. The number of carboxylic acid groups (broad SMARTS) is 5. The third-order valence-corrected chi connectivity index (χ3v) is 5.96. The fourth-order valence-electron chi connectivity index (χ4n) is 2.71. The van der Waals surface area contributed by atoms with E-state index in [1.165, 1.54) is 0 Å². The number of nitrogens with two attached hydrogens (primary N) is 2. The second-order valence-corrected chi connectivity index (χ2v) is 13.8. The third kappa shape index (κ3) is 91.9. The highest BCUT2D eigenvalue weighted by Gasteiger charge is 2.30. The molecule has 410 valence electrons. The molecule has 0 fully saturated rings. The van der Waals surface area contributed by atoms with E-state index in [4.69, 9.17) is 74.8 Å². The molecule has 0 aliphatic carbocycles. The molecule has 0 rings (SSSR count). The molecule has 0 aromatic carbocycles. The molecule has 0 spiro atoms. The van der Waals surface area contributed by atoms with Gasteiger partial charge in [-0.15, -0.1) is 36.4 Å². The van der Waals surface area contributed by atoms with E-state index in [1.807, 2.05) is 6.92 Å². The number of amides is 4. The lowest BCUT2D eigenvalue weighted by molar-refractivity contribution is -0.192. The highest BCUT2D eigenvalue weighted by atomic mass is 127. The van der Waals surface area contributed by atoms with E-state index in [-0.39, 0.29) is 83.1 Å². The molecular weight excluding hydrogens is 1150 g/mol. The van der Waals surface area contributed by atoms with Gasteiger partial charge in [-0.05, 0) is 6.54 Å². The highest BCUT2D eigenvalue weighted by Crippen LogP contribution is 2.34. The number of halogens is 2. The number of nitrogens with zero attached hydrogens (tertiary/aromatic N) is 3. The van der Waals surface area contributed by atoms with Gasteiger partial charge in [0.15, 0.2) is 32.2 Å². The summed E-state index contributed by atoms with van der Waals surface area (Å²) >= 11 is 0. The first-order valence-corrected chi connectivity index (χ1v) is 19.6. The number of ketones is 2. The molecule has 0 aliphatic heterocycles. The second-order valence-electron chi connectivity index (χ2n) is 10.5. The van der Waals surface area contributed by atoms with E-state index in [0.29, 0.717) is 14.7 Å². The average Bonchev–Trinajstić information content (AvgIpc) is 3.11. The molecule has 37 nitrogen and oxygen atoms in total. The Kier molecular flexibility index (Phi) is 68.8. The van der Waals surface area contributed by atoms with Gasteiger partial charge in [0.05, 0.1) is 19.4 Å². The summed E-state index contributed by atoms with van der Waals surface area (Å²) in [6, 6.07) is -2.10. The monoisotopic (exact) mass is 1210 g/mol. The van der Waals surface area contributed by atoms with Gasteiger partial charge in [-0.1, -0.05) is 21.8 Å². The Morgan fingerprint density at radius 1 is 0.571 bits per heavy atom. The number of carboxylic acids is 5. The number of aliphatic carboxylic acids is 5. The molecule has 0 atom stereocenters. The minimum absolute atomic E-state index is 0. The predicted molar refractivity (Wildman–Crippen MR) is 242 cm³/mol. The standard InChI is InChI=1S/C9H12N2O9.C5H10NO7P.C4H9NO2.C4H2O4.C3H8NO5P.CH4N2O.CO2.2CH4.ClH.HI/c12-5(13)1-10(2-6(14)15)9(20)11(3-7(16)17)4-8(18)19;7-4(8)1-6(2-5(9)10)3-14(11,12)13;1-2-5-3-4(6)7;5-1-3(7)4(8)2-6;5-3(6)1-4-2-10(7,8)9;2-1(3)4;2-1-3;;;;/h1-4H2,(H,12,13)(H,14,15)(H,16,17)(H,18,19);1-3H2,(H,7,8)(H,9,10)(H2,11,12,13);5H,2-3H2,1H3,(H,6,7);1-2H;4H,1-2H2,(H,5,6)(H2,7,8,9);(H4,2,3,4);;2*1H4;2*1H/p+3. The second kappa shape index (κ2) is 53.5. The quantitative estimate of drug-likeness (QED) is 0.0107. The average molecular weight is 1210 g/mol. The summed E-state index contributed by atoms with van der Waals surface area (Å²) in [4.78, 5) is 192. The van der Waals surface area contributed by atoms with Gasteiger partial charge in [0.1, 0.15) is 25.9 Å². The summed E-state index contributed by atoms with van der Waals surface area (Å²) in [7, 11) is -8.50. The molecule has 0 aliphatic rings. The number of carbonyl (C=O) groups excluding carboxylic acids is 11. The normalized spacial score (nSPS) is 8.89. The van der Waals surface area contributed by atoms with E-state index < -0.39 is 138 Å². The van der Waals surface area contributed by atoms with E-state index in [0.717, 1.165) is 6.54 Å². The van der Waals surface area contributed by atoms with Gasteiger partial charge in [-0.3, -0.25) is 67.4 Å². The molecule has 0 aromatic heterocycles. The lowest BCUT2D eigenvalue weighted by Crippen LogP contribution is -2.50. The zero-order valence-corrected chi connectivity index (χ0v) is 39.4. The maximum Gasteiger partial charge on any atom is 0.535 e. The zero-order valence-electron chi connectivity index (χ0n) is 34.5. The fraction of sp³-hybridized carbons (Fsp3) is 0.483. The molecule has 0 aromatic rings. The molecule has 0 saturated heterocycles. The molecule has 4 amide bonds. The van der Waals surface area contributed by atoms with Crippen LogP contribution in [0.4, 0.5) is 9.59 Å². The number of aldehydes is 2.